The van der Waals surface area contributed by atoms with Gasteiger partial charge in [0.1, 0.15) is 0 Å². The Bertz CT molecular complexity index is 198. The third kappa shape index (κ3) is 3.17. The van der Waals surface area contributed by atoms with Crippen LogP contribution in [-0.2, 0) is 0 Å². The van der Waals surface area contributed by atoms with Crippen LogP contribution in [0.1, 0.15) is 44.9 Å². The fraction of sp³-hybridized carbons (Fsp3) is 0.571. The predicted molar refractivity (Wildman–Crippen MR) is 64.3 cm³/mol. The maximum absolute atomic E-state index is 3.82. The van der Waals surface area contributed by atoms with Gasteiger partial charge in [-0.2, -0.15) is 0 Å². The molecule has 1 aliphatic rings. The van der Waals surface area contributed by atoms with Gasteiger partial charge in [0.05, 0.1) is 0 Å². The highest BCUT2D eigenvalue weighted by molar-refractivity contribution is 4.99. The van der Waals surface area contributed by atoms with Crippen molar-refractivity contribution in [2.75, 3.05) is 0 Å². The Morgan fingerprint density at radius 1 is 1.07 bits per heavy atom. The lowest BCUT2D eigenvalue weighted by atomic mass is 9.71. The van der Waals surface area contributed by atoms with E-state index in [0.717, 1.165) is 12.8 Å². The molecule has 0 aromatic heterocycles. The molecule has 78 valence electrons. The summed E-state index contributed by atoms with van der Waals surface area (Å²) in [5.74, 6) is 0. The molecule has 0 atom stereocenters. The molecule has 0 nitrogen and oxygen atoms in total. The molecular formula is C14H22. The summed E-state index contributed by atoms with van der Waals surface area (Å²) < 4.78 is 0. The second-order valence-electron chi connectivity index (χ2n) is 4.37. The van der Waals surface area contributed by atoms with Crippen LogP contribution in [0, 0.1) is 5.41 Å². The number of hydrogen-bond donors (Lipinski definition) is 0. The minimum Gasteiger partial charge on any atom is -0.103 e. The summed E-state index contributed by atoms with van der Waals surface area (Å²) in [6, 6.07) is 0. The van der Waals surface area contributed by atoms with E-state index >= 15 is 0 Å². The van der Waals surface area contributed by atoms with E-state index in [9.17, 15) is 0 Å². The smallest absolute Gasteiger partial charge is 0.0254 e. The lowest BCUT2D eigenvalue weighted by Crippen LogP contribution is -2.21. The van der Waals surface area contributed by atoms with Crippen LogP contribution in [0.15, 0.2) is 37.5 Å². The Morgan fingerprint density at radius 2 is 1.71 bits per heavy atom. The van der Waals surface area contributed by atoms with Gasteiger partial charge >= 0.3 is 0 Å². The molecule has 0 heterocycles. The third-order valence-electron chi connectivity index (χ3n) is 3.32. The van der Waals surface area contributed by atoms with E-state index in [-0.39, 0.29) is 0 Å². The minimum absolute atomic E-state index is 0.553. The predicted octanol–water partition coefficient (Wildman–Crippen LogP) is 4.65. The summed E-state index contributed by atoms with van der Waals surface area (Å²) in [5, 5.41) is 0. The van der Waals surface area contributed by atoms with Gasteiger partial charge in [-0.3, -0.25) is 0 Å². The first-order chi connectivity index (χ1) is 6.83. The first-order valence-electron chi connectivity index (χ1n) is 5.70. The molecule has 0 spiro atoms. The van der Waals surface area contributed by atoms with Crippen LogP contribution in [0.4, 0.5) is 0 Å². The van der Waals surface area contributed by atoms with E-state index in [1.165, 1.54) is 32.1 Å². The van der Waals surface area contributed by atoms with E-state index in [2.05, 4.69) is 25.3 Å². The molecule has 0 heteroatoms. The van der Waals surface area contributed by atoms with Crippen molar-refractivity contribution in [2.45, 2.75) is 44.9 Å². The topological polar surface area (TPSA) is 0 Å². The number of hydrogen-bond acceptors (Lipinski definition) is 0. The highest BCUT2D eigenvalue weighted by Gasteiger charge is 2.28. The molecule has 0 saturated heterocycles. The summed E-state index contributed by atoms with van der Waals surface area (Å²) in [6.45, 7) is 7.64. The van der Waals surface area contributed by atoms with Crippen molar-refractivity contribution in [1.29, 1.82) is 0 Å². The lowest BCUT2D eigenvalue weighted by Gasteiger charge is -2.34. The van der Waals surface area contributed by atoms with Crippen LogP contribution in [0.5, 0.6) is 0 Å². The van der Waals surface area contributed by atoms with Crippen LogP contribution < -0.4 is 0 Å². The van der Waals surface area contributed by atoms with E-state index in [0.29, 0.717) is 5.41 Å². The molecule has 0 unspecified atom stereocenters. The van der Waals surface area contributed by atoms with Gasteiger partial charge in [-0.05, 0) is 50.4 Å². The zero-order valence-electron chi connectivity index (χ0n) is 9.17. The van der Waals surface area contributed by atoms with Gasteiger partial charge < -0.3 is 0 Å². The highest BCUT2D eigenvalue weighted by atomic mass is 14.3. The van der Waals surface area contributed by atoms with Gasteiger partial charge in [0.2, 0.25) is 0 Å². The van der Waals surface area contributed by atoms with Crippen molar-refractivity contribution in [2.24, 2.45) is 5.41 Å². The molecule has 0 aromatic carbocycles. The molecule has 0 saturated carbocycles. The van der Waals surface area contributed by atoms with Crippen LogP contribution in [0.25, 0.3) is 0 Å². The molecule has 0 N–H and O–H groups in total. The van der Waals surface area contributed by atoms with Crippen LogP contribution in [0.2, 0.25) is 0 Å². The monoisotopic (exact) mass is 190 g/mol. The van der Waals surface area contributed by atoms with Gasteiger partial charge in [0.25, 0.3) is 0 Å². The van der Waals surface area contributed by atoms with Gasteiger partial charge in [-0.1, -0.05) is 24.3 Å². The molecule has 0 fully saturated rings. The Kier molecular flexibility index (Phi) is 4.72. The van der Waals surface area contributed by atoms with Gasteiger partial charge in [0.15, 0.2) is 0 Å². The van der Waals surface area contributed by atoms with Gasteiger partial charge in [-0.25, -0.2) is 0 Å². The molecule has 14 heavy (non-hydrogen) atoms. The standard InChI is InChI=1S/C14H22/c1-3-5-10-14(11-6-4-2)12-8-7-9-13-14/h3-4,7-8H,1-2,5-6,9-13H2. The van der Waals surface area contributed by atoms with E-state index < -0.39 is 0 Å². The molecule has 0 aliphatic heterocycles. The van der Waals surface area contributed by atoms with Crippen molar-refractivity contribution >= 4 is 0 Å². The van der Waals surface area contributed by atoms with E-state index in [4.69, 9.17) is 0 Å². The minimum atomic E-state index is 0.553. The van der Waals surface area contributed by atoms with Crippen molar-refractivity contribution < 1.29 is 0 Å². The quantitative estimate of drug-likeness (QED) is 0.535. The van der Waals surface area contributed by atoms with Crippen molar-refractivity contribution in [1.82, 2.24) is 0 Å². The fourth-order valence-corrected chi connectivity index (χ4v) is 2.34. The van der Waals surface area contributed by atoms with E-state index in [1.807, 2.05) is 12.2 Å². The Labute approximate surface area is 88.4 Å². The van der Waals surface area contributed by atoms with Crippen LogP contribution in [-0.4, -0.2) is 0 Å². The average molecular weight is 190 g/mol. The Hall–Kier alpha value is -0.780. The largest absolute Gasteiger partial charge is 0.103 e. The van der Waals surface area contributed by atoms with Crippen molar-refractivity contribution in [3.63, 3.8) is 0 Å². The molecular weight excluding hydrogens is 168 g/mol. The van der Waals surface area contributed by atoms with Gasteiger partial charge in [-0.15, -0.1) is 13.2 Å². The van der Waals surface area contributed by atoms with Crippen LogP contribution in [0.3, 0.4) is 0 Å². The first kappa shape index (κ1) is 11.3. The Balaban J connectivity index is 2.52. The molecule has 0 bridgehead atoms. The van der Waals surface area contributed by atoms with Gasteiger partial charge in [0, 0.05) is 0 Å². The fourth-order valence-electron chi connectivity index (χ4n) is 2.34. The highest BCUT2D eigenvalue weighted by Crippen LogP contribution is 2.41. The second-order valence-corrected chi connectivity index (χ2v) is 4.37. The zero-order chi connectivity index (χ0) is 10.3. The summed E-state index contributed by atoms with van der Waals surface area (Å²) in [4.78, 5) is 0. The van der Waals surface area contributed by atoms with Crippen molar-refractivity contribution in [3.8, 4) is 0 Å². The maximum Gasteiger partial charge on any atom is -0.0254 e. The summed E-state index contributed by atoms with van der Waals surface area (Å²) in [5.41, 5.74) is 0.553. The summed E-state index contributed by atoms with van der Waals surface area (Å²) in [7, 11) is 0. The summed E-state index contributed by atoms with van der Waals surface area (Å²) >= 11 is 0. The zero-order valence-corrected chi connectivity index (χ0v) is 9.17. The van der Waals surface area contributed by atoms with E-state index in [1.54, 1.807) is 0 Å². The molecule has 0 amide bonds. The second kappa shape index (κ2) is 5.85. The SMILES string of the molecule is C=CCCC1(CCC=C)CC=CCC1. The molecule has 1 aliphatic carbocycles. The van der Waals surface area contributed by atoms with Crippen molar-refractivity contribution in [3.05, 3.63) is 37.5 Å². The average Bonchev–Trinajstić information content (AvgIpc) is 2.25. The first-order valence-corrected chi connectivity index (χ1v) is 5.70. The summed E-state index contributed by atoms with van der Waals surface area (Å²) in [6.07, 6.45) is 17.6. The normalized spacial score (nSPS) is 19.1. The lowest BCUT2D eigenvalue weighted by molar-refractivity contribution is 0.218. The molecule has 0 radical (unpaired) electrons. The Morgan fingerprint density at radius 3 is 2.14 bits per heavy atom. The molecule has 0 aromatic rings. The third-order valence-corrected chi connectivity index (χ3v) is 3.32. The number of allylic oxidation sites excluding steroid dienone is 4. The maximum atomic E-state index is 3.82. The number of rotatable bonds is 6. The van der Waals surface area contributed by atoms with Crippen LogP contribution >= 0.6 is 0 Å². The molecule has 1 rings (SSSR count).